The van der Waals surface area contributed by atoms with Crippen molar-refractivity contribution in [2.45, 2.75) is 6.54 Å². The monoisotopic (exact) mass is 338 g/mol. The second-order valence-electron chi connectivity index (χ2n) is 4.59. The van der Waals surface area contributed by atoms with Crippen molar-refractivity contribution in [1.82, 2.24) is 14.9 Å². The third-order valence-electron chi connectivity index (χ3n) is 3.23. The van der Waals surface area contributed by atoms with Crippen LogP contribution in [-0.2, 0) is 6.54 Å². The van der Waals surface area contributed by atoms with Crippen LogP contribution in [0.5, 0.6) is 0 Å². The van der Waals surface area contributed by atoms with Crippen LogP contribution in [0, 0.1) is 0 Å². The van der Waals surface area contributed by atoms with Gasteiger partial charge in [-0.25, -0.2) is 4.98 Å². The van der Waals surface area contributed by atoms with Crippen LogP contribution >= 0.6 is 27.3 Å². The number of thiazole rings is 1. The second-order valence-corrected chi connectivity index (χ2v) is 6.38. The Morgan fingerprint density at radius 1 is 1.21 bits per heavy atom. The van der Waals surface area contributed by atoms with Gasteiger partial charge in [0.2, 0.25) is 0 Å². The summed E-state index contributed by atoms with van der Waals surface area (Å²) in [5, 5.41) is 3.18. The summed E-state index contributed by atoms with van der Waals surface area (Å²) in [6, 6.07) is 2.14. The summed E-state index contributed by atoms with van der Waals surface area (Å²) in [7, 11) is 0. The highest BCUT2D eigenvalue weighted by molar-refractivity contribution is 9.10. The summed E-state index contributed by atoms with van der Waals surface area (Å²) in [5.74, 6) is 0. The maximum Gasteiger partial charge on any atom is 0.185 e. The predicted octanol–water partition coefficient (Wildman–Crippen LogP) is 2.62. The van der Waals surface area contributed by atoms with E-state index in [1.54, 1.807) is 11.3 Å². The van der Waals surface area contributed by atoms with Gasteiger partial charge in [0.15, 0.2) is 5.13 Å². The second kappa shape index (κ2) is 5.98. The van der Waals surface area contributed by atoms with E-state index in [2.05, 4.69) is 41.8 Å². The molecule has 2 aromatic heterocycles. The van der Waals surface area contributed by atoms with Crippen molar-refractivity contribution in [3.8, 4) is 0 Å². The Hall–Kier alpha value is -0.980. The van der Waals surface area contributed by atoms with Gasteiger partial charge < -0.3 is 4.90 Å². The van der Waals surface area contributed by atoms with Crippen LogP contribution in [0.4, 0.5) is 5.13 Å². The molecule has 1 saturated heterocycles. The number of aromatic nitrogens is 2. The van der Waals surface area contributed by atoms with Crippen LogP contribution in [0.2, 0.25) is 0 Å². The number of pyridine rings is 1. The van der Waals surface area contributed by atoms with Gasteiger partial charge in [-0.15, -0.1) is 11.3 Å². The van der Waals surface area contributed by atoms with Crippen molar-refractivity contribution in [2.75, 3.05) is 31.1 Å². The standard InChI is InChI=1S/C13H15BrN4S/c14-12-7-11(8-15-9-12)10-17-2-4-18(5-3-17)13-16-1-6-19-13/h1,6-9H,2-5,10H2. The summed E-state index contributed by atoms with van der Waals surface area (Å²) in [5.41, 5.74) is 1.26. The summed E-state index contributed by atoms with van der Waals surface area (Å²) < 4.78 is 1.05. The van der Waals surface area contributed by atoms with E-state index in [1.165, 1.54) is 5.56 Å². The van der Waals surface area contributed by atoms with Crippen molar-refractivity contribution in [3.63, 3.8) is 0 Å². The van der Waals surface area contributed by atoms with E-state index in [0.717, 1.165) is 42.3 Å². The number of hydrogen-bond donors (Lipinski definition) is 0. The molecule has 0 aromatic carbocycles. The van der Waals surface area contributed by atoms with Gasteiger partial charge in [-0.05, 0) is 27.6 Å². The first-order chi connectivity index (χ1) is 9.31. The molecule has 0 N–H and O–H groups in total. The molecule has 0 spiro atoms. The molecule has 0 unspecified atom stereocenters. The Kier molecular flexibility index (Phi) is 4.10. The zero-order valence-electron chi connectivity index (χ0n) is 10.5. The molecule has 0 bridgehead atoms. The third-order valence-corrected chi connectivity index (χ3v) is 4.50. The summed E-state index contributed by atoms with van der Waals surface area (Å²) in [6.45, 7) is 5.22. The number of piperazine rings is 1. The van der Waals surface area contributed by atoms with E-state index >= 15 is 0 Å². The SMILES string of the molecule is Brc1cncc(CN2CCN(c3nccs3)CC2)c1. The number of halogens is 1. The fraction of sp³-hybridized carbons (Fsp3) is 0.385. The molecule has 0 radical (unpaired) electrons. The Balaban J connectivity index is 1.56. The zero-order valence-corrected chi connectivity index (χ0v) is 12.9. The molecule has 1 aliphatic rings. The number of hydrogen-bond acceptors (Lipinski definition) is 5. The molecular weight excluding hydrogens is 324 g/mol. The lowest BCUT2D eigenvalue weighted by atomic mass is 10.2. The van der Waals surface area contributed by atoms with Crippen molar-refractivity contribution >= 4 is 32.4 Å². The van der Waals surface area contributed by atoms with Crippen LogP contribution in [0.1, 0.15) is 5.56 Å². The summed E-state index contributed by atoms with van der Waals surface area (Å²) in [4.78, 5) is 13.4. The lowest BCUT2D eigenvalue weighted by molar-refractivity contribution is 0.249. The molecule has 19 heavy (non-hydrogen) atoms. The van der Waals surface area contributed by atoms with Gasteiger partial charge in [0.25, 0.3) is 0 Å². The minimum atomic E-state index is 0.970. The Morgan fingerprint density at radius 2 is 2.05 bits per heavy atom. The van der Waals surface area contributed by atoms with Gasteiger partial charge in [0, 0.05) is 61.2 Å². The molecule has 6 heteroatoms. The predicted molar refractivity (Wildman–Crippen MR) is 81.5 cm³/mol. The first-order valence-corrected chi connectivity index (χ1v) is 7.95. The summed E-state index contributed by atoms with van der Waals surface area (Å²) in [6.07, 6.45) is 5.64. The molecule has 0 amide bonds. The van der Waals surface area contributed by atoms with Crippen LogP contribution in [0.25, 0.3) is 0 Å². The van der Waals surface area contributed by atoms with Crippen molar-refractivity contribution < 1.29 is 0 Å². The molecule has 0 aliphatic carbocycles. The fourth-order valence-electron chi connectivity index (χ4n) is 2.27. The highest BCUT2D eigenvalue weighted by Gasteiger charge is 2.18. The van der Waals surface area contributed by atoms with Gasteiger partial charge in [0.05, 0.1) is 0 Å². The van der Waals surface area contributed by atoms with Crippen LogP contribution in [0.15, 0.2) is 34.5 Å². The van der Waals surface area contributed by atoms with Crippen LogP contribution in [-0.4, -0.2) is 41.0 Å². The first kappa shape index (κ1) is 13.0. The number of rotatable bonds is 3. The van der Waals surface area contributed by atoms with Gasteiger partial charge >= 0.3 is 0 Å². The molecule has 2 aromatic rings. The quantitative estimate of drug-likeness (QED) is 0.861. The van der Waals surface area contributed by atoms with Gasteiger partial charge in [0.1, 0.15) is 0 Å². The van der Waals surface area contributed by atoms with E-state index in [0.29, 0.717) is 0 Å². The van der Waals surface area contributed by atoms with E-state index in [1.807, 2.05) is 24.0 Å². The lowest BCUT2D eigenvalue weighted by Gasteiger charge is -2.34. The lowest BCUT2D eigenvalue weighted by Crippen LogP contribution is -2.45. The average Bonchev–Trinajstić information content (AvgIpc) is 2.94. The first-order valence-electron chi connectivity index (χ1n) is 6.27. The Bertz CT molecular complexity index is 523. The maximum atomic E-state index is 4.37. The van der Waals surface area contributed by atoms with E-state index in [4.69, 9.17) is 0 Å². The van der Waals surface area contributed by atoms with E-state index < -0.39 is 0 Å². The Morgan fingerprint density at radius 3 is 2.74 bits per heavy atom. The normalized spacial score (nSPS) is 16.8. The molecule has 0 atom stereocenters. The van der Waals surface area contributed by atoms with Gasteiger partial charge in [-0.1, -0.05) is 0 Å². The maximum absolute atomic E-state index is 4.37. The number of nitrogens with zero attached hydrogens (tertiary/aromatic N) is 4. The summed E-state index contributed by atoms with van der Waals surface area (Å²) >= 11 is 5.18. The molecule has 1 aliphatic heterocycles. The number of anilines is 1. The minimum Gasteiger partial charge on any atom is -0.346 e. The fourth-order valence-corrected chi connectivity index (χ4v) is 3.38. The van der Waals surface area contributed by atoms with E-state index in [9.17, 15) is 0 Å². The highest BCUT2D eigenvalue weighted by atomic mass is 79.9. The van der Waals surface area contributed by atoms with Crippen LogP contribution < -0.4 is 4.90 Å². The average molecular weight is 339 g/mol. The van der Waals surface area contributed by atoms with Crippen molar-refractivity contribution in [2.24, 2.45) is 0 Å². The molecule has 3 rings (SSSR count). The molecule has 0 saturated carbocycles. The smallest absolute Gasteiger partial charge is 0.185 e. The van der Waals surface area contributed by atoms with Crippen molar-refractivity contribution in [1.29, 1.82) is 0 Å². The zero-order chi connectivity index (χ0) is 13.1. The largest absolute Gasteiger partial charge is 0.346 e. The highest BCUT2D eigenvalue weighted by Crippen LogP contribution is 2.19. The van der Waals surface area contributed by atoms with Crippen LogP contribution in [0.3, 0.4) is 0 Å². The molecule has 100 valence electrons. The molecular formula is C13H15BrN4S. The Labute approximate surface area is 125 Å². The van der Waals surface area contributed by atoms with Gasteiger partial charge in [-0.3, -0.25) is 9.88 Å². The third kappa shape index (κ3) is 3.32. The molecule has 4 nitrogen and oxygen atoms in total. The molecule has 1 fully saturated rings. The topological polar surface area (TPSA) is 32.3 Å². The molecule has 3 heterocycles. The van der Waals surface area contributed by atoms with Crippen molar-refractivity contribution in [3.05, 3.63) is 40.1 Å². The van der Waals surface area contributed by atoms with E-state index in [-0.39, 0.29) is 0 Å². The minimum absolute atomic E-state index is 0.970. The van der Waals surface area contributed by atoms with Gasteiger partial charge in [-0.2, -0.15) is 0 Å².